The van der Waals surface area contributed by atoms with Gasteiger partial charge in [0, 0.05) is 55.4 Å². The van der Waals surface area contributed by atoms with Crippen LogP contribution in [-0.2, 0) is 16.2 Å². The number of benzene rings is 12. The smallest absolute Gasteiger partial charge is 0.159 e. The van der Waals surface area contributed by atoms with E-state index in [-0.39, 0.29) is 10.8 Å². The second-order valence-electron chi connectivity index (χ2n) is 30.0. The first-order valence-corrected chi connectivity index (χ1v) is 39.5. The first-order valence-electron chi connectivity index (χ1n) is 32.5. The molecule has 0 amide bonds. The molecule has 0 saturated heterocycles. The van der Waals surface area contributed by atoms with Crippen molar-refractivity contribution in [3.05, 3.63) is 264 Å². The van der Waals surface area contributed by atoms with E-state index in [1.54, 1.807) is 0 Å². The van der Waals surface area contributed by atoms with Gasteiger partial charge in [0.2, 0.25) is 0 Å². The molecule has 0 aliphatic heterocycles. The second-order valence-corrected chi connectivity index (χ2v) is 40.2. The van der Waals surface area contributed by atoms with Gasteiger partial charge in [0.15, 0.2) is 11.2 Å². The van der Waals surface area contributed by atoms with Crippen LogP contribution in [0, 0.1) is 0 Å². The normalized spacial score (nSPS) is 13.8. The summed E-state index contributed by atoms with van der Waals surface area (Å²) >= 11 is 0. The summed E-state index contributed by atoms with van der Waals surface area (Å²) in [7, 11) is -3.34. The molecule has 17 rings (SSSR count). The molecule has 0 saturated carbocycles. The Balaban J connectivity index is 0.967. The molecule has 0 bridgehead atoms. The summed E-state index contributed by atoms with van der Waals surface area (Å²) in [4.78, 5) is 4.96. The van der Waals surface area contributed by atoms with Crippen LogP contribution in [0.2, 0.25) is 39.3 Å². The zero-order chi connectivity index (χ0) is 62.4. The fourth-order valence-electron chi connectivity index (χ4n) is 16.0. The number of para-hydroxylation sites is 4. The van der Waals surface area contributed by atoms with Gasteiger partial charge in [-0.1, -0.05) is 255 Å². The van der Waals surface area contributed by atoms with Crippen molar-refractivity contribution in [1.29, 1.82) is 0 Å². The number of hydrogen-bond acceptors (Lipinski definition) is 4. The molecular weight excluding hydrogens is 1140 g/mol. The van der Waals surface area contributed by atoms with E-state index >= 15 is 0 Å². The van der Waals surface area contributed by atoms with Crippen LogP contribution in [0.25, 0.3) is 99.2 Å². The molecule has 12 aromatic carbocycles. The average Bonchev–Trinajstić information content (AvgIpc) is 1.49. The monoisotopic (exact) mass is 1210 g/mol. The zero-order valence-electron chi connectivity index (χ0n) is 54.2. The van der Waals surface area contributed by atoms with E-state index in [0.717, 1.165) is 78.0 Å². The quantitative estimate of drug-likeness (QED) is 0.142. The van der Waals surface area contributed by atoms with E-state index < -0.39 is 21.6 Å². The van der Waals surface area contributed by atoms with Gasteiger partial charge in [0.05, 0.1) is 32.9 Å². The molecule has 0 fully saturated rings. The third kappa shape index (κ3) is 8.04. The fourth-order valence-corrected chi connectivity index (χ4v) is 18.3. The van der Waals surface area contributed by atoms with Crippen molar-refractivity contribution >= 4 is 115 Å². The van der Waals surface area contributed by atoms with Gasteiger partial charge in [-0.25, -0.2) is 0 Å². The Bertz CT molecular complexity index is 5160. The van der Waals surface area contributed by atoms with Crippen LogP contribution in [-0.4, -0.2) is 16.1 Å². The largest absolute Gasteiger partial charge is 0.454 e. The minimum atomic E-state index is -1.67. The SMILES string of the molecule is CC(C)(C)c1cccc2c1oc1c(N(c3ccc([Si](C)(C)C)cc3)c3ccc4c(c3)C3(c5cc(N(c6ccc([Si](C)(C)C)cc6)c6cccc7c6oc6c(C(C)(C)C)cccc67)ccc5-4)c4ccccc4-c4c3cc3c5c(cccc45)-c4ccccc4-3)cccc12. The highest BCUT2D eigenvalue weighted by atomic mass is 28.3. The third-order valence-corrected chi connectivity index (χ3v) is 24.5. The van der Waals surface area contributed by atoms with E-state index in [1.807, 2.05) is 0 Å². The standard InChI is InChI=1S/C85H74N2O2Si2/c1-83(2,3)70-32-18-26-62-64-28-20-34-75(81(64)88-79(62)70)86(51-36-42-55(43-37-51)90(7,8)9)53-40-46-59-60-47-41-54(87(52-38-44-56(45-39-52)91(10,11)12)76-35-21-29-65-63-27-19-33-71(84(4,5)6)80(63)89-82(65)76)49-73(60)85(72(59)48-53)69-31-16-15-24-66(69)78-67-30-17-25-61-57-22-13-14-23-58(57)68(77(61)67)50-74(78)85/h13-50H,1-12H3. The first-order chi connectivity index (χ1) is 43.7. The van der Waals surface area contributed by atoms with Gasteiger partial charge < -0.3 is 18.6 Å². The summed E-state index contributed by atoms with van der Waals surface area (Å²) in [6.45, 7) is 28.3. The molecule has 444 valence electrons. The Labute approximate surface area is 536 Å². The maximum atomic E-state index is 7.32. The minimum absolute atomic E-state index is 0.127. The highest BCUT2D eigenvalue weighted by Gasteiger charge is 2.53. The summed E-state index contributed by atoms with van der Waals surface area (Å²) in [6.07, 6.45) is 0. The van der Waals surface area contributed by atoms with E-state index in [9.17, 15) is 0 Å². The topological polar surface area (TPSA) is 32.8 Å². The van der Waals surface area contributed by atoms with E-state index in [1.165, 1.54) is 99.0 Å². The number of hydrogen-bond donors (Lipinski definition) is 0. The van der Waals surface area contributed by atoms with E-state index in [4.69, 9.17) is 8.83 Å². The molecule has 0 N–H and O–H groups in total. The fraction of sp³-hybridized carbons (Fsp3) is 0.176. The highest BCUT2D eigenvalue weighted by molar-refractivity contribution is 6.89. The number of nitrogens with zero attached hydrogens (tertiary/aromatic N) is 2. The molecule has 4 nitrogen and oxygen atoms in total. The molecular formula is C85H74N2O2Si2. The average molecular weight is 1210 g/mol. The summed E-state index contributed by atoms with van der Waals surface area (Å²) in [5.74, 6) is 0. The Morgan fingerprint density at radius 3 is 1.18 bits per heavy atom. The molecule has 14 aromatic rings. The van der Waals surface area contributed by atoms with Crippen LogP contribution < -0.4 is 20.2 Å². The lowest BCUT2D eigenvalue weighted by molar-refractivity contribution is 0.572. The van der Waals surface area contributed by atoms with Gasteiger partial charge in [-0.2, -0.15) is 0 Å². The van der Waals surface area contributed by atoms with Gasteiger partial charge in [-0.05, 0) is 155 Å². The highest BCUT2D eigenvalue weighted by Crippen LogP contribution is 2.67. The van der Waals surface area contributed by atoms with Crippen LogP contribution in [0.4, 0.5) is 34.1 Å². The lowest BCUT2D eigenvalue weighted by atomic mass is 9.70. The van der Waals surface area contributed by atoms with Gasteiger partial charge >= 0.3 is 0 Å². The Morgan fingerprint density at radius 2 is 0.703 bits per heavy atom. The van der Waals surface area contributed by atoms with Crippen molar-refractivity contribution in [2.75, 3.05) is 9.80 Å². The summed E-state index contributed by atoms with van der Waals surface area (Å²) in [5.41, 5.74) is 26.6. The third-order valence-electron chi connectivity index (χ3n) is 20.4. The predicted molar refractivity (Wildman–Crippen MR) is 392 cm³/mol. The maximum absolute atomic E-state index is 7.32. The van der Waals surface area contributed by atoms with Crippen molar-refractivity contribution in [1.82, 2.24) is 0 Å². The van der Waals surface area contributed by atoms with Gasteiger partial charge in [-0.15, -0.1) is 0 Å². The lowest BCUT2D eigenvalue weighted by Crippen LogP contribution is -2.37. The summed E-state index contributed by atoms with van der Waals surface area (Å²) in [6, 6.07) is 88.4. The molecule has 2 aromatic heterocycles. The van der Waals surface area contributed by atoms with Crippen LogP contribution in [0.3, 0.4) is 0 Å². The van der Waals surface area contributed by atoms with Crippen molar-refractivity contribution in [2.24, 2.45) is 0 Å². The van der Waals surface area contributed by atoms with Crippen LogP contribution in [0.1, 0.15) is 74.9 Å². The predicted octanol–water partition coefficient (Wildman–Crippen LogP) is 23.3. The molecule has 6 heteroatoms. The minimum Gasteiger partial charge on any atom is -0.454 e. The van der Waals surface area contributed by atoms with Gasteiger partial charge in [0.25, 0.3) is 0 Å². The van der Waals surface area contributed by atoms with Crippen LogP contribution in [0.15, 0.2) is 239 Å². The van der Waals surface area contributed by atoms with E-state index in [2.05, 4.69) is 321 Å². The molecule has 0 radical (unpaired) electrons. The number of anilines is 6. The molecule has 2 heterocycles. The van der Waals surface area contributed by atoms with Crippen molar-refractivity contribution in [2.45, 2.75) is 97.1 Å². The second kappa shape index (κ2) is 19.3. The van der Waals surface area contributed by atoms with Crippen LogP contribution in [0.5, 0.6) is 0 Å². The number of rotatable bonds is 8. The van der Waals surface area contributed by atoms with Crippen LogP contribution >= 0.6 is 0 Å². The summed E-state index contributed by atoms with van der Waals surface area (Å²) < 4.78 is 14.6. The molecule has 3 aliphatic carbocycles. The van der Waals surface area contributed by atoms with Crippen molar-refractivity contribution in [3.63, 3.8) is 0 Å². The van der Waals surface area contributed by atoms with E-state index in [0.29, 0.717) is 0 Å². The molecule has 0 unspecified atom stereocenters. The van der Waals surface area contributed by atoms with Gasteiger partial charge in [-0.3, -0.25) is 0 Å². The number of fused-ring (bicyclic) bond motifs is 20. The van der Waals surface area contributed by atoms with Gasteiger partial charge in [0.1, 0.15) is 11.2 Å². The molecule has 3 aliphatic rings. The molecule has 0 atom stereocenters. The first kappa shape index (κ1) is 55.6. The lowest BCUT2D eigenvalue weighted by Gasteiger charge is -2.33. The Morgan fingerprint density at radius 1 is 0.308 bits per heavy atom. The Hall–Kier alpha value is -9.47. The zero-order valence-corrected chi connectivity index (χ0v) is 56.2. The van der Waals surface area contributed by atoms with Crippen molar-refractivity contribution < 1.29 is 8.83 Å². The molecule has 91 heavy (non-hydrogen) atoms. The Kier molecular flexibility index (Phi) is 11.8. The van der Waals surface area contributed by atoms with Crippen molar-refractivity contribution in [3.8, 4) is 44.5 Å². The number of furan rings is 2. The molecule has 1 spiro atoms. The maximum Gasteiger partial charge on any atom is 0.159 e. The summed E-state index contributed by atoms with van der Waals surface area (Å²) in [5, 5.41) is 9.94.